The van der Waals surface area contributed by atoms with Crippen molar-refractivity contribution in [1.29, 1.82) is 0 Å². The first-order chi connectivity index (χ1) is 13.4. The average molecular weight is 357 g/mol. The smallest absolute Gasteiger partial charge is 0.0350 e. The first-order valence-corrected chi connectivity index (χ1v) is 9.36. The summed E-state index contributed by atoms with van der Waals surface area (Å²) in [4.78, 5) is 0. The number of hydrogen-bond acceptors (Lipinski definition) is 0. The molecule has 0 radical (unpaired) electrons. The van der Waals surface area contributed by atoms with Gasteiger partial charge in [-0.25, -0.2) is 0 Å². The molecule has 0 amide bonds. The monoisotopic (exact) mass is 356 g/mol. The predicted molar refractivity (Wildman–Crippen MR) is 126 cm³/mol. The van der Waals surface area contributed by atoms with E-state index in [0.29, 0.717) is 0 Å². The second kappa shape index (κ2) is 22.9. The van der Waals surface area contributed by atoms with Gasteiger partial charge in [-0.05, 0) is 6.42 Å². The molecule has 0 heterocycles. The van der Waals surface area contributed by atoms with Crippen LogP contribution in [0.1, 0.15) is 19.8 Å². The van der Waals surface area contributed by atoms with Gasteiger partial charge in [0.2, 0.25) is 0 Å². The molecule has 0 fully saturated rings. The van der Waals surface area contributed by atoms with E-state index in [9.17, 15) is 0 Å². The van der Waals surface area contributed by atoms with Gasteiger partial charge in [-0.3, -0.25) is 0 Å². The second-order valence-electron chi connectivity index (χ2n) is 5.30. The average Bonchev–Trinajstić information content (AvgIpc) is 2.68. The molecule has 0 aromatic carbocycles. The molecule has 0 aliphatic rings. The normalized spacial score (nSPS) is 14.4. The molecule has 0 aromatic rings. The number of rotatable bonds is 13. The first kappa shape index (κ1) is 23.9. The Balaban J connectivity index is 3.91. The van der Waals surface area contributed by atoms with Crippen molar-refractivity contribution >= 4 is 0 Å². The van der Waals surface area contributed by atoms with Crippen molar-refractivity contribution in [3.05, 3.63) is 146 Å². The van der Waals surface area contributed by atoms with E-state index in [1.54, 1.807) is 6.08 Å². The minimum absolute atomic E-state index is 1.14. The maximum absolute atomic E-state index is 3.61. The highest BCUT2D eigenvalue weighted by atomic mass is 13.8. The van der Waals surface area contributed by atoms with Crippen LogP contribution in [0, 0.1) is 0 Å². The van der Waals surface area contributed by atoms with E-state index in [1.807, 2.05) is 122 Å². The molecule has 0 N–H and O–H groups in total. The Morgan fingerprint density at radius 3 is 0.926 bits per heavy atom. The molecule has 0 nitrogen and oxygen atoms in total. The summed E-state index contributed by atoms with van der Waals surface area (Å²) in [5.74, 6) is 0. The number of hydrogen-bond donors (Lipinski definition) is 0. The van der Waals surface area contributed by atoms with Crippen molar-refractivity contribution in [2.24, 2.45) is 0 Å². The second-order valence-corrected chi connectivity index (χ2v) is 5.30. The molecule has 0 aliphatic carbocycles. The molecule has 0 aliphatic heterocycles. The van der Waals surface area contributed by atoms with Crippen LogP contribution in [0.25, 0.3) is 0 Å². The quantitative estimate of drug-likeness (QED) is 0.292. The largest absolute Gasteiger partial charge is 0.0991 e. The topological polar surface area (TPSA) is 0 Å². The van der Waals surface area contributed by atoms with Crippen LogP contribution in [0.15, 0.2) is 146 Å². The molecular formula is C27H32. The lowest BCUT2D eigenvalue weighted by Gasteiger charge is -1.79. The minimum atomic E-state index is 1.14. The Hall–Kier alpha value is -3.12. The van der Waals surface area contributed by atoms with Crippen molar-refractivity contribution in [2.45, 2.75) is 19.8 Å². The van der Waals surface area contributed by atoms with Gasteiger partial charge in [0.15, 0.2) is 0 Å². The lowest BCUT2D eigenvalue weighted by Crippen LogP contribution is -1.58. The van der Waals surface area contributed by atoms with E-state index in [0.717, 1.165) is 6.42 Å². The third-order valence-electron chi connectivity index (χ3n) is 2.95. The molecule has 0 atom stereocenters. The Kier molecular flexibility index (Phi) is 20.2. The highest BCUT2D eigenvalue weighted by molar-refractivity contribution is 5.23. The standard InChI is InChI=1S/C27H32/c1-3-5-7-9-11-13-15-17-19-21-23-25-27-26-24-22-20-18-16-14-12-10-8-6-4-2/h3,5,7-27H,1,4,6H2,2H3/b7-5+,10-8+,11-9+,14-12+,15-13+,18-16+,19-17+,22-20+,23-21+,26-24+,27-25+. The lowest BCUT2D eigenvalue weighted by atomic mass is 10.3. The van der Waals surface area contributed by atoms with Gasteiger partial charge in [0.25, 0.3) is 0 Å². The lowest BCUT2D eigenvalue weighted by molar-refractivity contribution is 0.959. The molecule has 0 spiro atoms. The Morgan fingerprint density at radius 2 is 0.667 bits per heavy atom. The maximum atomic E-state index is 3.61. The van der Waals surface area contributed by atoms with E-state index in [2.05, 4.69) is 25.7 Å². The van der Waals surface area contributed by atoms with E-state index >= 15 is 0 Å². The summed E-state index contributed by atoms with van der Waals surface area (Å²) in [6.07, 6.45) is 48.2. The fourth-order valence-corrected chi connectivity index (χ4v) is 1.64. The highest BCUT2D eigenvalue weighted by Crippen LogP contribution is 1.90. The summed E-state index contributed by atoms with van der Waals surface area (Å²) < 4.78 is 0. The van der Waals surface area contributed by atoms with Gasteiger partial charge >= 0.3 is 0 Å². The Morgan fingerprint density at radius 1 is 0.407 bits per heavy atom. The first-order valence-electron chi connectivity index (χ1n) is 9.36. The van der Waals surface area contributed by atoms with Crippen molar-refractivity contribution < 1.29 is 0 Å². The zero-order chi connectivity index (χ0) is 19.7. The van der Waals surface area contributed by atoms with Gasteiger partial charge in [0.1, 0.15) is 0 Å². The molecule has 27 heavy (non-hydrogen) atoms. The summed E-state index contributed by atoms with van der Waals surface area (Å²) in [7, 11) is 0. The third kappa shape index (κ3) is 22.9. The molecular weight excluding hydrogens is 324 g/mol. The molecule has 140 valence electrons. The summed E-state index contributed by atoms with van der Waals surface area (Å²) >= 11 is 0. The third-order valence-corrected chi connectivity index (χ3v) is 2.95. The molecule has 0 unspecified atom stereocenters. The molecule has 0 aromatic heterocycles. The zero-order valence-electron chi connectivity index (χ0n) is 16.4. The summed E-state index contributed by atoms with van der Waals surface area (Å²) in [6.45, 7) is 5.79. The van der Waals surface area contributed by atoms with Gasteiger partial charge in [-0.2, -0.15) is 0 Å². The molecule has 0 heteroatoms. The van der Waals surface area contributed by atoms with Gasteiger partial charge < -0.3 is 0 Å². The van der Waals surface area contributed by atoms with Gasteiger partial charge in [0, 0.05) is 0 Å². The summed E-state index contributed by atoms with van der Waals surface area (Å²) in [5, 5.41) is 0. The molecule has 0 rings (SSSR count). The highest BCUT2D eigenvalue weighted by Gasteiger charge is 1.69. The van der Waals surface area contributed by atoms with Crippen LogP contribution in [-0.2, 0) is 0 Å². The van der Waals surface area contributed by atoms with Crippen LogP contribution in [-0.4, -0.2) is 0 Å². The van der Waals surface area contributed by atoms with Gasteiger partial charge in [-0.15, -0.1) is 0 Å². The van der Waals surface area contributed by atoms with Crippen molar-refractivity contribution in [1.82, 2.24) is 0 Å². The van der Waals surface area contributed by atoms with E-state index < -0.39 is 0 Å². The van der Waals surface area contributed by atoms with E-state index in [4.69, 9.17) is 0 Å². The predicted octanol–water partition coefficient (Wildman–Crippen LogP) is 8.09. The van der Waals surface area contributed by atoms with Gasteiger partial charge in [0.05, 0.1) is 0 Å². The number of unbranched alkanes of at least 4 members (excludes halogenated alkanes) is 1. The molecule has 0 saturated carbocycles. The molecule has 0 saturated heterocycles. The van der Waals surface area contributed by atoms with Crippen molar-refractivity contribution in [3.8, 4) is 0 Å². The summed E-state index contributed by atoms with van der Waals surface area (Å²) in [6, 6.07) is 0. The van der Waals surface area contributed by atoms with Crippen LogP contribution < -0.4 is 0 Å². The van der Waals surface area contributed by atoms with Crippen LogP contribution in [0.4, 0.5) is 0 Å². The van der Waals surface area contributed by atoms with Crippen LogP contribution in [0.3, 0.4) is 0 Å². The van der Waals surface area contributed by atoms with Crippen molar-refractivity contribution in [3.63, 3.8) is 0 Å². The van der Waals surface area contributed by atoms with Crippen molar-refractivity contribution in [2.75, 3.05) is 0 Å². The Bertz CT molecular complexity index is 663. The van der Waals surface area contributed by atoms with Crippen LogP contribution in [0.2, 0.25) is 0 Å². The molecule has 0 bridgehead atoms. The maximum Gasteiger partial charge on any atom is -0.0350 e. The SMILES string of the molecule is C=C/C=C/C=C/C=C/C=C/C=C/C=C/C=C/C=C/C=C/C=C/C=C/CCC. The fraction of sp³-hybridized carbons (Fsp3) is 0.111. The van der Waals surface area contributed by atoms with E-state index in [1.165, 1.54) is 6.42 Å². The zero-order valence-corrected chi connectivity index (χ0v) is 16.4. The van der Waals surface area contributed by atoms with E-state index in [-0.39, 0.29) is 0 Å². The summed E-state index contributed by atoms with van der Waals surface area (Å²) in [5.41, 5.74) is 0. The number of allylic oxidation sites excluding steroid dienone is 23. The fourth-order valence-electron chi connectivity index (χ4n) is 1.64. The minimum Gasteiger partial charge on any atom is -0.0991 e. The Labute approximate surface area is 166 Å². The van der Waals surface area contributed by atoms with Crippen LogP contribution >= 0.6 is 0 Å². The van der Waals surface area contributed by atoms with Gasteiger partial charge in [-0.1, -0.05) is 160 Å². The van der Waals surface area contributed by atoms with Crippen LogP contribution in [0.5, 0.6) is 0 Å².